The molecule has 0 unspecified atom stereocenters. The Hall–Kier alpha value is -2.24. The molecule has 0 spiro atoms. The summed E-state index contributed by atoms with van der Waals surface area (Å²) >= 11 is 0. The molecule has 1 aromatic rings. The molecule has 0 aliphatic rings. The molecule has 0 aliphatic carbocycles. The lowest BCUT2D eigenvalue weighted by Gasteiger charge is -2.14. The Kier molecular flexibility index (Phi) is 4.74. The van der Waals surface area contributed by atoms with Crippen molar-refractivity contribution in [2.24, 2.45) is 0 Å². The van der Waals surface area contributed by atoms with Gasteiger partial charge in [0.15, 0.2) is 11.5 Å². The van der Waals surface area contributed by atoms with E-state index in [-0.39, 0.29) is 0 Å². The second-order valence-electron chi connectivity index (χ2n) is 4.06. The molecule has 0 radical (unpaired) electrons. The van der Waals surface area contributed by atoms with E-state index in [0.29, 0.717) is 22.6 Å². The van der Waals surface area contributed by atoms with E-state index in [9.17, 15) is 9.59 Å². The molecular weight excluding hydrogens is 250 g/mol. The van der Waals surface area contributed by atoms with Gasteiger partial charge in [-0.25, -0.2) is 0 Å². The largest absolute Gasteiger partial charge is 0.493 e. The van der Waals surface area contributed by atoms with Gasteiger partial charge in [-0.3, -0.25) is 9.59 Å². The fourth-order valence-electron chi connectivity index (χ4n) is 1.56. The van der Waals surface area contributed by atoms with Gasteiger partial charge >= 0.3 is 5.97 Å². The maximum Gasteiger partial charge on any atom is 0.325 e. The molecule has 1 amide bonds. The fraction of sp³-hybridized carbons (Fsp3) is 0.385. The predicted molar refractivity (Wildman–Crippen MR) is 68.8 cm³/mol. The highest BCUT2D eigenvalue weighted by Gasteiger charge is 2.18. The van der Waals surface area contributed by atoms with Crippen molar-refractivity contribution in [1.82, 2.24) is 5.32 Å². The first-order valence-electron chi connectivity index (χ1n) is 5.67. The molecule has 2 N–H and O–H groups in total. The summed E-state index contributed by atoms with van der Waals surface area (Å²) in [4.78, 5) is 22.7. The van der Waals surface area contributed by atoms with Crippen molar-refractivity contribution in [3.05, 3.63) is 23.3 Å². The van der Waals surface area contributed by atoms with Gasteiger partial charge in [-0.05, 0) is 31.5 Å². The van der Waals surface area contributed by atoms with Crippen molar-refractivity contribution >= 4 is 11.9 Å². The topological polar surface area (TPSA) is 84.9 Å². The zero-order valence-electron chi connectivity index (χ0n) is 11.3. The molecule has 104 valence electrons. The summed E-state index contributed by atoms with van der Waals surface area (Å²) in [6, 6.07) is 2.23. The number of aliphatic carboxylic acids is 1. The van der Waals surface area contributed by atoms with Crippen molar-refractivity contribution in [3.8, 4) is 11.5 Å². The highest BCUT2D eigenvalue weighted by Crippen LogP contribution is 2.30. The van der Waals surface area contributed by atoms with Crippen LogP contribution in [0, 0.1) is 6.92 Å². The normalized spacial score (nSPS) is 11.6. The van der Waals surface area contributed by atoms with Gasteiger partial charge in [-0.1, -0.05) is 0 Å². The molecule has 0 aromatic heterocycles. The molecule has 0 heterocycles. The van der Waals surface area contributed by atoms with Gasteiger partial charge in [0.1, 0.15) is 6.04 Å². The van der Waals surface area contributed by atoms with Gasteiger partial charge in [-0.15, -0.1) is 0 Å². The van der Waals surface area contributed by atoms with Gasteiger partial charge in [-0.2, -0.15) is 0 Å². The Bertz CT molecular complexity index is 498. The standard InChI is InChI=1S/C13H17NO5/c1-7-5-10(18-3)11(19-4)6-9(7)12(15)14-8(2)13(16)17/h5-6,8H,1-4H3,(H,14,15)(H,16,17)/t8-/m1/s1. The fourth-order valence-corrected chi connectivity index (χ4v) is 1.56. The molecule has 1 atom stereocenters. The molecule has 1 rings (SSSR count). The van der Waals surface area contributed by atoms with Crippen LogP contribution in [0.25, 0.3) is 0 Å². The van der Waals surface area contributed by atoms with Crippen LogP contribution in [0.1, 0.15) is 22.8 Å². The van der Waals surface area contributed by atoms with Crippen LogP contribution >= 0.6 is 0 Å². The van der Waals surface area contributed by atoms with E-state index < -0.39 is 17.9 Å². The predicted octanol–water partition coefficient (Wildman–Crippen LogP) is 1.22. The van der Waals surface area contributed by atoms with Gasteiger partial charge in [0.2, 0.25) is 0 Å². The van der Waals surface area contributed by atoms with Crippen LogP contribution in [-0.2, 0) is 4.79 Å². The van der Waals surface area contributed by atoms with E-state index in [1.807, 2.05) is 0 Å². The van der Waals surface area contributed by atoms with Crippen molar-refractivity contribution in [3.63, 3.8) is 0 Å². The molecule has 6 nitrogen and oxygen atoms in total. The van der Waals surface area contributed by atoms with Gasteiger partial charge in [0, 0.05) is 5.56 Å². The minimum Gasteiger partial charge on any atom is -0.493 e. The molecule has 0 saturated heterocycles. The van der Waals surface area contributed by atoms with E-state index in [1.165, 1.54) is 27.2 Å². The van der Waals surface area contributed by atoms with E-state index >= 15 is 0 Å². The van der Waals surface area contributed by atoms with Crippen LogP contribution in [0.5, 0.6) is 11.5 Å². The average Bonchev–Trinajstić information content (AvgIpc) is 2.37. The third-order valence-electron chi connectivity index (χ3n) is 2.69. The number of rotatable bonds is 5. The van der Waals surface area contributed by atoms with Crippen LogP contribution in [0.2, 0.25) is 0 Å². The van der Waals surface area contributed by atoms with E-state index in [0.717, 1.165) is 0 Å². The second-order valence-corrected chi connectivity index (χ2v) is 4.06. The highest BCUT2D eigenvalue weighted by atomic mass is 16.5. The SMILES string of the molecule is COc1cc(C)c(C(=O)N[C@H](C)C(=O)O)cc1OC. The number of methoxy groups -OCH3 is 2. The summed E-state index contributed by atoms with van der Waals surface area (Å²) < 4.78 is 10.2. The van der Waals surface area contributed by atoms with Crippen molar-refractivity contribution in [2.45, 2.75) is 19.9 Å². The Morgan fingerprint density at radius 2 is 1.74 bits per heavy atom. The lowest BCUT2D eigenvalue weighted by atomic mass is 10.1. The number of aryl methyl sites for hydroxylation is 1. The Morgan fingerprint density at radius 3 is 2.21 bits per heavy atom. The number of hydrogen-bond donors (Lipinski definition) is 2. The summed E-state index contributed by atoms with van der Waals surface area (Å²) in [7, 11) is 2.97. The number of carboxylic acid groups (broad SMARTS) is 1. The zero-order valence-corrected chi connectivity index (χ0v) is 11.3. The third-order valence-corrected chi connectivity index (χ3v) is 2.69. The summed E-state index contributed by atoms with van der Waals surface area (Å²) in [6.07, 6.45) is 0. The molecule has 19 heavy (non-hydrogen) atoms. The highest BCUT2D eigenvalue weighted by molar-refractivity contribution is 5.98. The molecule has 0 saturated carbocycles. The maximum atomic E-state index is 12.0. The first-order chi connectivity index (χ1) is 8.90. The third kappa shape index (κ3) is 3.37. The smallest absolute Gasteiger partial charge is 0.325 e. The lowest BCUT2D eigenvalue weighted by Crippen LogP contribution is -2.38. The van der Waals surface area contributed by atoms with Crippen molar-refractivity contribution < 1.29 is 24.2 Å². The number of amides is 1. The molecule has 0 fully saturated rings. The lowest BCUT2D eigenvalue weighted by molar-refractivity contribution is -0.138. The molecule has 1 aromatic carbocycles. The van der Waals surface area contributed by atoms with Crippen molar-refractivity contribution in [2.75, 3.05) is 14.2 Å². The molecule has 0 bridgehead atoms. The first-order valence-corrected chi connectivity index (χ1v) is 5.67. The molecule has 0 aliphatic heterocycles. The summed E-state index contributed by atoms with van der Waals surface area (Å²) in [5, 5.41) is 11.2. The van der Waals surface area contributed by atoms with E-state index in [4.69, 9.17) is 14.6 Å². The number of carbonyl (C=O) groups excluding carboxylic acids is 1. The summed E-state index contributed by atoms with van der Waals surface area (Å²) in [5.41, 5.74) is 1.03. The Balaban J connectivity index is 3.06. The van der Waals surface area contributed by atoms with Gasteiger partial charge in [0.05, 0.1) is 14.2 Å². The van der Waals surface area contributed by atoms with E-state index in [1.54, 1.807) is 13.0 Å². The van der Waals surface area contributed by atoms with Gasteiger partial charge < -0.3 is 19.9 Å². The van der Waals surface area contributed by atoms with Crippen molar-refractivity contribution in [1.29, 1.82) is 0 Å². The van der Waals surface area contributed by atoms with Crippen LogP contribution in [-0.4, -0.2) is 37.2 Å². The second kappa shape index (κ2) is 6.08. The Morgan fingerprint density at radius 1 is 1.21 bits per heavy atom. The van der Waals surface area contributed by atoms with Crippen LogP contribution in [0.15, 0.2) is 12.1 Å². The van der Waals surface area contributed by atoms with Crippen LogP contribution < -0.4 is 14.8 Å². The monoisotopic (exact) mass is 267 g/mol. The zero-order chi connectivity index (χ0) is 14.6. The quantitative estimate of drug-likeness (QED) is 0.837. The summed E-state index contributed by atoms with van der Waals surface area (Å²) in [5.74, 6) is -0.621. The number of ether oxygens (including phenoxy) is 2. The summed E-state index contributed by atoms with van der Waals surface area (Å²) in [6.45, 7) is 3.14. The van der Waals surface area contributed by atoms with Gasteiger partial charge in [0.25, 0.3) is 5.91 Å². The first kappa shape index (κ1) is 14.8. The number of hydrogen-bond acceptors (Lipinski definition) is 4. The number of carbonyl (C=O) groups is 2. The molecule has 6 heteroatoms. The Labute approximate surface area is 111 Å². The average molecular weight is 267 g/mol. The number of carboxylic acids is 1. The minimum atomic E-state index is -1.09. The van der Waals surface area contributed by atoms with Crippen LogP contribution in [0.4, 0.5) is 0 Å². The maximum absolute atomic E-state index is 12.0. The number of benzene rings is 1. The number of nitrogens with one attached hydrogen (secondary N) is 1. The minimum absolute atomic E-state index is 0.353. The van der Waals surface area contributed by atoms with E-state index in [2.05, 4.69) is 5.32 Å². The van der Waals surface area contributed by atoms with Crippen LogP contribution in [0.3, 0.4) is 0 Å². The molecular formula is C13H17NO5.